The van der Waals surface area contributed by atoms with Gasteiger partial charge in [0, 0.05) is 30.7 Å². The predicted molar refractivity (Wildman–Crippen MR) is 197 cm³/mol. The molecule has 3 rings (SSSR count). The number of carbonyl (C=O) groups is 2. The first-order chi connectivity index (χ1) is 22.4. The van der Waals surface area contributed by atoms with Crippen LogP contribution in [0.2, 0.25) is 18.1 Å². The van der Waals surface area contributed by atoms with E-state index in [1.165, 1.54) is 0 Å². The molecule has 12 heteroatoms. The number of unbranched alkanes of at least 4 members (excludes halogenated alkanes) is 1. The van der Waals surface area contributed by atoms with E-state index in [-0.39, 0.29) is 17.1 Å². The lowest BCUT2D eigenvalue weighted by Crippen LogP contribution is -2.43. The molecule has 0 spiro atoms. The molecule has 1 aliphatic rings. The molecule has 1 N–H and O–H groups in total. The molecule has 0 saturated heterocycles. The number of hydrogen-bond acceptors (Lipinski definition) is 8. The molecule has 0 aromatic carbocycles. The summed E-state index contributed by atoms with van der Waals surface area (Å²) in [4.78, 5) is 31.9. The van der Waals surface area contributed by atoms with Crippen LogP contribution in [0, 0.1) is 0 Å². The average Bonchev–Trinajstić information content (AvgIpc) is 3.55. The Morgan fingerprint density at radius 3 is 2.16 bits per heavy atom. The summed E-state index contributed by atoms with van der Waals surface area (Å²) in [5.41, 5.74) is -0.234. The number of anilines is 2. The fourth-order valence-electron chi connectivity index (χ4n) is 5.32. The van der Waals surface area contributed by atoms with Gasteiger partial charge in [-0.3, -0.25) is 4.98 Å². The molecule has 0 unspecified atom stereocenters. The second-order valence-electron chi connectivity index (χ2n) is 17.7. The smallest absolute Gasteiger partial charge is 0.420 e. The van der Waals surface area contributed by atoms with Gasteiger partial charge in [-0.15, -0.1) is 0 Å². The normalized spacial score (nSPS) is 17.5. The topological polar surface area (TPSA) is 117 Å². The van der Waals surface area contributed by atoms with E-state index in [0.717, 1.165) is 25.0 Å². The predicted octanol–water partition coefficient (Wildman–Crippen LogP) is 9.45. The van der Waals surface area contributed by atoms with E-state index in [1.807, 2.05) is 52.3 Å². The van der Waals surface area contributed by atoms with Crippen LogP contribution >= 0.6 is 0 Å². The zero-order valence-corrected chi connectivity index (χ0v) is 33.7. The summed E-state index contributed by atoms with van der Waals surface area (Å²) in [7, 11) is -1.91. The standard InChI is InChI=1S/C37H63N5O6Si/c1-34(2,3)42-31(23-30(40-42)26-17-18-28(21-26)48-49(13,14)37(10,11)12)41(33(44)47-36(7,8)9)27-22-29(25-38-24-27)45-20-16-15-19-39-32(43)46-35(4,5)6/h22-26,28H,15-21H2,1-14H3,(H,39,43)/t26-,28+/m0/s1. The van der Waals surface area contributed by atoms with E-state index < -0.39 is 37.2 Å². The third-order valence-electron chi connectivity index (χ3n) is 8.69. The highest BCUT2D eigenvalue weighted by Crippen LogP contribution is 2.44. The molecule has 2 aromatic rings. The van der Waals surface area contributed by atoms with E-state index in [1.54, 1.807) is 23.4 Å². The van der Waals surface area contributed by atoms with Gasteiger partial charge in [0.15, 0.2) is 8.32 Å². The largest absolute Gasteiger partial charge is 0.492 e. The lowest BCUT2D eigenvalue weighted by molar-refractivity contribution is 0.0524. The number of aromatic nitrogens is 3. The molecule has 1 fully saturated rings. The van der Waals surface area contributed by atoms with Crippen molar-refractivity contribution in [3.8, 4) is 5.75 Å². The molecule has 1 saturated carbocycles. The zero-order valence-electron chi connectivity index (χ0n) is 32.7. The van der Waals surface area contributed by atoms with Gasteiger partial charge < -0.3 is 24.0 Å². The molecule has 49 heavy (non-hydrogen) atoms. The Kier molecular flexibility index (Phi) is 12.7. The highest BCUT2D eigenvalue weighted by atomic mass is 28.4. The molecule has 276 valence electrons. The summed E-state index contributed by atoms with van der Waals surface area (Å²) in [6.07, 6.45) is 6.79. The summed E-state index contributed by atoms with van der Waals surface area (Å²) >= 11 is 0. The molecule has 11 nitrogen and oxygen atoms in total. The van der Waals surface area contributed by atoms with Crippen LogP contribution in [0.15, 0.2) is 24.5 Å². The van der Waals surface area contributed by atoms with Crippen LogP contribution in [-0.2, 0) is 19.4 Å². The van der Waals surface area contributed by atoms with Crippen LogP contribution in [0.3, 0.4) is 0 Å². The first-order valence-corrected chi connectivity index (χ1v) is 20.6. The van der Waals surface area contributed by atoms with Crippen molar-refractivity contribution in [1.82, 2.24) is 20.1 Å². The minimum Gasteiger partial charge on any atom is -0.492 e. The Bertz CT molecular complexity index is 1410. The number of carbonyl (C=O) groups excluding carboxylic acids is 2. The molecule has 2 atom stereocenters. The van der Waals surface area contributed by atoms with Gasteiger partial charge in [0.05, 0.1) is 35.9 Å². The third kappa shape index (κ3) is 12.0. The van der Waals surface area contributed by atoms with Crippen molar-refractivity contribution in [2.45, 2.75) is 162 Å². The van der Waals surface area contributed by atoms with Crippen molar-refractivity contribution >= 4 is 32.0 Å². The second-order valence-corrected chi connectivity index (χ2v) is 22.5. The van der Waals surface area contributed by atoms with Crippen molar-refractivity contribution in [2.24, 2.45) is 0 Å². The zero-order chi connectivity index (χ0) is 37.0. The maximum Gasteiger partial charge on any atom is 0.420 e. The third-order valence-corrected chi connectivity index (χ3v) is 13.2. The van der Waals surface area contributed by atoms with E-state index >= 15 is 0 Å². The first kappa shape index (κ1) is 40.3. The van der Waals surface area contributed by atoms with E-state index in [0.29, 0.717) is 43.2 Å². The Balaban J connectivity index is 1.84. The van der Waals surface area contributed by atoms with Crippen LogP contribution in [0.25, 0.3) is 0 Å². The van der Waals surface area contributed by atoms with Crippen LogP contribution in [0.4, 0.5) is 21.1 Å². The number of nitrogens with one attached hydrogen (secondary N) is 1. The lowest BCUT2D eigenvalue weighted by atomic mass is 10.0. The average molecular weight is 702 g/mol. The highest BCUT2D eigenvalue weighted by Gasteiger charge is 2.42. The molecule has 0 radical (unpaired) electrons. The molecule has 2 amide bonds. The summed E-state index contributed by atoms with van der Waals surface area (Å²) in [5.74, 6) is 1.35. The fraction of sp³-hybridized carbons (Fsp3) is 0.730. The maximum absolute atomic E-state index is 14.0. The van der Waals surface area contributed by atoms with Gasteiger partial charge in [0.1, 0.15) is 22.8 Å². The van der Waals surface area contributed by atoms with Crippen molar-refractivity contribution in [3.05, 3.63) is 30.2 Å². The molecule has 0 bridgehead atoms. The van der Waals surface area contributed by atoms with Crippen molar-refractivity contribution in [3.63, 3.8) is 0 Å². The van der Waals surface area contributed by atoms with Crippen LogP contribution < -0.4 is 15.0 Å². The van der Waals surface area contributed by atoms with Crippen molar-refractivity contribution in [2.75, 3.05) is 18.1 Å². The number of pyridine rings is 1. The minimum atomic E-state index is -1.91. The Morgan fingerprint density at radius 2 is 1.57 bits per heavy atom. The summed E-state index contributed by atoms with van der Waals surface area (Å²) < 4.78 is 26.0. The minimum absolute atomic E-state index is 0.144. The molecule has 2 aromatic heterocycles. The first-order valence-electron chi connectivity index (χ1n) is 17.7. The van der Waals surface area contributed by atoms with Crippen LogP contribution in [0.1, 0.15) is 127 Å². The van der Waals surface area contributed by atoms with Crippen molar-refractivity contribution < 1.29 is 28.2 Å². The number of rotatable bonds is 11. The molecule has 1 aliphatic carbocycles. The number of nitrogens with zero attached hydrogens (tertiary/aromatic N) is 4. The van der Waals surface area contributed by atoms with Gasteiger partial charge in [-0.1, -0.05) is 20.8 Å². The van der Waals surface area contributed by atoms with E-state index in [4.69, 9.17) is 23.7 Å². The lowest BCUT2D eigenvalue weighted by Gasteiger charge is -2.38. The van der Waals surface area contributed by atoms with E-state index in [2.05, 4.69) is 64.9 Å². The maximum atomic E-state index is 14.0. The Labute approximate surface area is 295 Å². The Morgan fingerprint density at radius 1 is 0.918 bits per heavy atom. The van der Waals surface area contributed by atoms with Gasteiger partial charge >= 0.3 is 12.2 Å². The summed E-state index contributed by atoms with van der Waals surface area (Å²) in [5, 5.41) is 8.05. The highest BCUT2D eigenvalue weighted by molar-refractivity contribution is 6.74. The fourth-order valence-corrected chi connectivity index (χ4v) is 6.72. The number of amides is 2. The SMILES string of the molecule is CC(C)(C)OC(=O)NCCCCOc1cncc(N(C(=O)OC(C)(C)C)c2cc([C@H]3CC[C@@H](O[Si](C)(C)C(C)(C)C)C3)nn2C(C)(C)C)c1. The summed E-state index contributed by atoms with van der Waals surface area (Å²) in [6.45, 7) is 29.6. The van der Waals surface area contributed by atoms with Crippen LogP contribution in [0.5, 0.6) is 5.75 Å². The second kappa shape index (κ2) is 15.4. The van der Waals surface area contributed by atoms with Crippen molar-refractivity contribution in [1.29, 1.82) is 0 Å². The Hall–Kier alpha value is -3.12. The molecular weight excluding hydrogens is 639 g/mol. The summed E-state index contributed by atoms with van der Waals surface area (Å²) in [6, 6.07) is 3.83. The molecular formula is C37H63N5O6Si. The number of ether oxygens (including phenoxy) is 3. The monoisotopic (exact) mass is 701 g/mol. The van der Waals surface area contributed by atoms with Crippen LogP contribution in [-0.4, -0.2) is 65.7 Å². The quantitative estimate of drug-likeness (QED) is 0.182. The number of hydrogen-bond donors (Lipinski definition) is 1. The number of alkyl carbamates (subject to hydrolysis) is 1. The van der Waals surface area contributed by atoms with E-state index in [9.17, 15) is 9.59 Å². The van der Waals surface area contributed by atoms with Gasteiger partial charge in [0.2, 0.25) is 0 Å². The van der Waals surface area contributed by atoms with Gasteiger partial charge in [0.25, 0.3) is 0 Å². The molecule has 2 heterocycles. The molecule has 0 aliphatic heterocycles. The van der Waals surface area contributed by atoms with Gasteiger partial charge in [-0.25, -0.2) is 19.2 Å². The van der Waals surface area contributed by atoms with Gasteiger partial charge in [-0.2, -0.15) is 5.10 Å². The van der Waals surface area contributed by atoms with Gasteiger partial charge in [-0.05, 0) is 113 Å².